The molecule has 0 atom stereocenters. The molecule has 164 valence electrons. The Balaban J connectivity index is 1.27. The fourth-order valence-electron chi connectivity index (χ4n) is 3.04. The second kappa shape index (κ2) is 11.3. The lowest BCUT2D eigenvalue weighted by atomic mass is 10.0. The fourth-order valence-corrected chi connectivity index (χ4v) is 4.77. The van der Waals surface area contributed by atoms with Gasteiger partial charge >= 0.3 is 0 Å². The van der Waals surface area contributed by atoms with Crippen LogP contribution in [0.5, 0.6) is 5.75 Å². The standard InChI is InChI=1S/C25H20N4O2S2/c26-15-19-10-12-20(13-11-19)17-32-25-29-28-24(33-25)27-23(30)16-31-22-9-5-4-8-21(22)14-18-6-2-1-3-7-18/h1-13H,14,16-17H2,(H,27,28,30). The van der Waals surface area contributed by atoms with Crippen LogP contribution in [0.1, 0.15) is 22.3 Å². The molecular formula is C25H20N4O2S2. The SMILES string of the molecule is N#Cc1ccc(CSc2nnc(NC(=O)COc3ccccc3Cc3ccccc3)s2)cc1. The van der Waals surface area contributed by atoms with Gasteiger partial charge in [0.1, 0.15) is 5.75 Å². The molecule has 8 heteroatoms. The Hall–Kier alpha value is -3.67. The van der Waals surface area contributed by atoms with E-state index in [1.807, 2.05) is 54.6 Å². The van der Waals surface area contributed by atoms with Crippen LogP contribution in [0.4, 0.5) is 5.13 Å². The summed E-state index contributed by atoms with van der Waals surface area (Å²) in [5.74, 6) is 1.10. The van der Waals surface area contributed by atoms with Gasteiger partial charge in [-0.3, -0.25) is 10.1 Å². The third-order valence-electron chi connectivity index (χ3n) is 4.67. The van der Waals surface area contributed by atoms with Crippen molar-refractivity contribution in [3.8, 4) is 11.8 Å². The van der Waals surface area contributed by atoms with Crippen molar-refractivity contribution in [2.24, 2.45) is 0 Å². The number of hydrogen-bond donors (Lipinski definition) is 1. The van der Waals surface area contributed by atoms with Gasteiger partial charge in [-0.25, -0.2) is 0 Å². The topological polar surface area (TPSA) is 87.9 Å². The highest BCUT2D eigenvalue weighted by atomic mass is 32.2. The maximum Gasteiger partial charge on any atom is 0.264 e. The van der Waals surface area contributed by atoms with Crippen molar-refractivity contribution in [3.05, 3.63) is 101 Å². The zero-order chi connectivity index (χ0) is 22.9. The number of para-hydroxylation sites is 1. The zero-order valence-electron chi connectivity index (χ0n) is 17.6. The van der Waals surface area contributed by atoms with Crippen LogP contribution in [-0.2, 0) is 17.0 Å². The summed E-state index contributed by atoms with van der Waals surface area (Å²) < 4.78 is 6.54. The summed E-state index contributed by atoms with van der Waals surface area (Å²) in [6.45, 7) is -0.112. The number of nitriles is 1. The number of amides is 1. The number of nitrogens with one attached hydrogen (secondary N) is 1. The molecule has 0 aliphatic rings. The summed E-state index contributed by atoms with van der Waals surface area (Å²) in [5, 5.41) is 20.2. The molecule has 0 saturated heterocycles. The number of benzene rings is 3. The van der Waals surface area contributed by atoms with Gasteiger partial charge in [0.15, 0.2) is 10.9 Å². The van der Waals surface area contributed by atoms with Crippen molar-refractivity contribution in [1.82, 2.24) is 10.2 Å². The molecule has 1 amide bonds. The average Bonchev–Trinajstić information content (AvgIpc) is 3.30. The summed E-state index contributed by atoms with van der Waals surface area (Å²) in [5.41, 5.74) is 3.92. The number of hydrogen-bond acceptors (Lipinski definition) is 7. The first kappa shape index (κ1) is 22.5. The Kier molecular flexibility index (Phi) is 7.69. The molecule has 0 aliphatic carbocycles. The molecule has 0 unspecified atom stereocenters. The van der Waals surface area contributed by atoms with Gasteiger partial charge in [0, 0.05) is 12.2 Å². The molecule has 1 heterocycles. The summed E-state index contributed by atoms with van der Waals surface area (Å²) in [6, 6.07) is 27.4. The van der Waals surface area contributed by atoms with E-state index in [0.717, 1.165) is 21.9 Å². The minimum absolute atomic E-state index is 0.112. The Morgan fingerprint density at radius 3 is 2.52 bits per heavy atom. The predicted molar refractivity (Wildman–Crippen MR) is 130 cm³/mol. The first-order valence-electron chi connectivity index (χ1n) is 10.2. The van der Waals surface area contributed by atoms with Crippen molar-refractivity contribution in [3.63, 3.8) is 0 Å². The maximum atomic E-state index is 12.4. The Morgan fingerprint density at radius 2 is 1.73 bits per heavy atom. The van der Waals surface area contributed by atoms with Crippen LogP contribution in [0.25, 0.3) is 0 Å². The highest BCUT2D eigenvalue weighted by molar-refractivity contribution is 8.00. The minimum Gasteiger partial charge on any atom is -0.483 e. The molecule has 0 radical (unpaired) electrons. The average molecular weight is 473 g/mol. The Bertz CT molecular complexity index is 1250. The van der Waals surface area contributed by atoms with Gasteiger partial charge in [-0.1, -0.05) is 83.8 Å². The van der Waals surface area contributed by atoms with E-state index >= 15 is 0 Å². The molecule has 0 spiro atoms. The van der Waals surface area contributed by atoms with E-state index in [1.165, 1.54) is 28.7 Å². The van der Waals surface area contributed by atoms with Crippen molar-refractivity contribution in [2.75, 3.05) is 11.9 Å². The smallest absolute Gasteiger partial charge is 0.264 e. The van der Waals surface area contributed by atoms with Crippen LogP contribution in [0, 0.1) is 11.3 Å². The molecule has 6 nitrogen and oxygen atoms in total. The third kappa shape index (κ3) is 6.65. The number of rotatable bonds is 9. The molecular weight excluding hydrogens is 452 g/mol. The van der Waals surface area contributed by atoms with Gasteiger partial charge in [0.05, 0.1) is 11.6 Å². The second-order valence-electron chi connectivity index (χ2n) is 7.08. The van der Waals surface area contributed by atoms with Gasteiger partial charge in [0.2, 0.25) is 5.13 Å². The van der Waals surface area contributed by atoms with E-state index in [-0.39, 0.29) is 12.5 Å². The Labute approximate surface area is 200 Å². The van der Waals surface area contributed by atoms with Crippen LogP contribution in [0.15, 0.2) is 83.2 Å². The quantitative estimate of drug-likeness (QED) is 0.262. The van der Waals surface area contributed by atoms with E-state index < -0.39 is 0 Å². The summed E-state index contributed by atoms with van der Waals surface area (Å²) in [6.07, 6.45) is 0.731. The normalized spacial score (nSPS) is 10.4. The van der Waals surface area contributed by atoms with Crippen LogP contribution < -0.4 is 10.1 Å². The molecule has 4 rings (SSSR count). The van der Waals surface area contributed by atoms with Crippen LogP contribution in [-0.4, -0.2) is 22.7 Å². The van der Waals surface area contributed by atoms with E-state index in [0.29, 0.717) is 22.2 Å². The van der Waals surface area contributed by atoms with E-state index in [9.17, 15) is 4.79 Å². The van der Waals surface area contributed by atoms with E-state index in [1.54, 1.807) is 12.1 Å². The number of carbonyl (C=O) groups is 1. The lowest BCUT2D eigenvalue weighted by molar-refractivity contribution is -0.118. The molecule has 0 bridgehead atoms. The highest BCUT2D eigenvalue weighted by Crippen LogP contribution is 2.28. The molecule has 1 N–H and O–H groups in total. The lowest BCUT2D eigenvalue weighted by Gasteiger charge is -2.11. The number of carbonyl (C=O) groups excluding carboxylic acids is 1. The van der Waals surface area contributed by atoms with Gasteiger partial charge < -0.3 is 4.74 Å². The summed E-state index contributed by atoms with van der Waals surface area (Å²) in [4.78, 5) is 12.4. The summed E-state index contributed by atoms with van der Waals surface area (Å²) >= 11 is 2.84. The number of anilines is 1. The molecule has 0 aliphatic heterocycles. The number of nitrogens with zero attached hydrogens (tertiary/aromatic N) is 3. The zero-order valence-corrected chi connectivity index (χ0v) is 19.2. The van der Waals surface area contributed by atoms with Gasteiger partial charge in [-0.15, -0.1) is 10.2 Å². The molecule has 0 fully saturated rings. The van der Waals surface area contributed by atoms with Crippen molar-refractivity contribution < 1.29 is 9.53 Å². The van der Waals surface area contributed by atoms with Crippen LogP contribution in [0.2, 0.25) is 0 Å². The predicted octanol–water partition coefficient (Wildman–Crippen LogP) is 5.31. The molecule has 4 aromatic rings. The molecule has 3 aromatic carbocycles. The number of ether oxygens (including phenoxy) is 1. The van der Waals surface area contributed by atoms with Gasteiger partial charge in [-0.2, -0.15) is 5.26 Å². The van der Waals surface area contributed by atoms with Gasteiger partial charge in [0.25, 0.3) is 5.91 Å². The van der Waals surface area contributed by atoms with Gasteiger partial charge in [-0.05, 0) is 34.9 Å². The number of aromatic nitrogens is 2. The van der Waals surface area contributed by atoms with Crippen molar-refractivity contribution in [1.29, 1.82) is 5.26 Å². The lowest BCUT2D eigenvalue weighted by Crippen LogP contribution is -2.20. The molecule has 33 heavy (non-hydrogen) atoms. The van der Waals surface area contributed by atoms with Crippen LogP contribution >= 0.6 is 23.1 Å². The van der Waals surface area contributed by atoms with Crippen molar-refractivity contribution in [2.45, 2.75) is 16.5 Å². The molecule has 0 saturated carbocycles. The highest BCUT2D eigenvalue weighted by Gasteiger charge is 2.11. The fraction of sp³-hybridized carbons (Fsp3) is 0.120. The number of thioether (sulfide) groups is 1. The second-order valence-corrected chi connectivity index (χ2v) is 9.28. The third-order valence-corrected chi connectivity index (χ3v) is 6.71. The van der Waals surface area contributed by atoms with Crippen LogP contribution in [0.3, 0.4) is 0 Å². The van der Waals surface area contributed by atoms with E-state index in [2.05, 4.69) is 33.7 Å². The van der Waals surface area contributed by atoms with Crippen molar-refractivity contribution >= 4 is 34.1 Å². The monoisotopic (exact) mass is 472 g/mol. The summed E-state index contributed by atoms with van der Waals surface area (Å²) in [7, 11) is 0. The largest absolute Gasteiger partial charge is 0.483 e. The first-order valence-corrected chi connectivity index (χ1v) is 12.0. The van der Waals surface area contributed by atoms with E-state index in [4.69, 9.17) is 10.00 Å². The maximum absolute atomic E-state index is 12.4. The first-order chi connectivity index (χ1) is 16.2. The minimum atomic E-state index is -0.288. The molecule has 1 aromatic heterocycles. The Morgan fingerprint density at radius 1 is 0.970 bits per heavy atom.